The van der Waals surface area contributed by atoms with Crippen molar-refractivity contribution in [3.8, 4) is 5.75 Å². The maximum absolute atomic E-state index is 13.5. The van der Waals surface area contributed by atoms with Gasteiger partial charge in [0.1, 0.15) is 11.6 Å². The van der Waals surface area contributed by atoms with Crippen LogP contribution in [0.5, 0.6) is 5.75 Å². The molecule has 1 atom stereocenters. The Labute approximate surface area is 100 Å². The highest BCUT2D eigenvalue weighted by molar-refractivity contribution is 9.10. The maximum atomic E-state index is 13.5. The van der Waals surface area contributed by atoms with Crippen LogP contribution in [-0.2, 0) is 9.53 Å². The fourth-order valence-electron chi connectivity index (χ4n) is 1.24. The molecule has 0 aliphatic rings. The normalized spacial score (nSPS) is 12.1. The van der Waals surface area contributed by atoms with E-state index >= 15 is 0 Å². The second kappa shape index (κ2) is 5.27. The molecular formula is C10H10BrFO4. The Bertz CT molecular complexity index is 408. The van der Waals surface area contributed by atoms with E-state index in [2.05, 4.69) is 20.7 Å². The van der Waals surface area contributed by atoms with E-state index in [1.54, 1.807) is 0 Å². The van der Waals surface area contributed by atoms with Crippen molar-refractivity contribution in [3.05, 3.63) is 28.0 Å². The highest BCUT2D eigenvalue weighted by atomic mass is 79.9. The first kappa shape index (κ1) is 12.9. The third kappa shape index (κ3) is 2.33. The molecule has 0 bridgehead atoms. The number of benzene rings is 1. The standard InChI is InChI=1S/C10H10BrFO4/c1-15-9-5(11)3-4-6(12)7(9)8(13)10(14)16-2/h3-4,8,13H,1-2H3. The Hall–Kier alpha value is -1.14. The molecular weight excluding hydrogens is 283 g/mol. The van der Waals surface area contributed by atoms with Crippen LogP contribution >= 0.6 is 15.9 Å². The van der Waals surface area contributed by atoms with E-state index in [4.69, 9.17) is 4.74 Å². The number of aliphatic hydroxyl groups excluding tert-OH is 1. The van der Waals surface area contributed by atoms with Gasteiger partial charge in [-0.25, -0.2) is 9.18 Å². The minimum Gasteiger partial charge on any atom is -0.495 e. The molecule has 1 aromatic rings. The zero-order chi connectivity index (χ0) is 12.3. The van der Waals surface area contributed by atoms with Crippen LogP contribution in [0.1, 0.15) is 11.7 Å². The molecule has 0 aromatic heterocycles. The summed E-state index contributed by atoms with van der Waals surface area (Å²) in [6, 6.07) is 2.54. The Morgan fingerprint density at radius 1 is 1.50 bits per heavy atom. The van der Waals surface area contributed by atoms with Gasteiger partial charge in [-0.15, -0.1) is 0 Å². The average molecular weight is 293 g/mol. The summed E-state index contributed by atoms with van der Waals surface area (Å²) < 4.78 is 23.2. The summed E-state index contributed by atoms with van der Waals surface area (Å²) in [5, 5.41) is 9.59. The van der Waals surface area contributed by atoms with Gasteiger partial charge in [0.15, 0.2) is 6.10 Å². The van der Waals surface area contributed by atoms with Crippen molar-refractivity contribution in [2.24, 2.45) is 0 Å². The summed E-state index contributed by atoms with van der Waals surface area (Å²) in [5.74, 6) is -1.62. The predicted molar refractivity (Wildman–Crippen MR) is 57.6 cm³/mol. The molecule has 0 amide bonds. The van der Waals surface area contributed by atoms with Crippen LogP contribution in [0.3, 0.4) is 0 Å². The molecule has 0 saturated carbocycles. The van der Waals surface area contributed by atoms with Crippen molar-refractivity contribution >= 4 is 21.9 Å². The zero-order valence-corrected chi connectivity index (χ0v) is 10.2. The van der Waals surface area contributed by atoms with Crippen molar-refractivity contribution in [2.45, 2.75) is 6.10 Å². The van der Waals surface area contributed by atoms with E-state index in [-0.39, 0.29) is 11.3 Å². The van der Waals surface area contributed by atoms with Crippen LogP contribution < -0.4 is 4.74 Å². The molecule has 4 nitrogen and oxygen atoms in total. The lowest BCUT2D eigenvalue weighted by molar-refractivity contribution is -0.151. The molecule has 1 aromatic carbocycles. The summed E-state index contributed by atoms with van der Waals surface area (Å²) in [6.07, 6.45) is -1.71. The molecule has 0 heterocycles. The van der Waals surface area contributed by atoms with Crippen LogP contribution in [-0.4, -0.2) is 25.3 Å². The quantitative estimate of drug-likeness (QED) is 0.863. The SMILES string of the molecule is COC(=O)C(O)c1c(F)ccc(Br)c1OC. The third-order valence-corrected chi connectivity index (χ3v) is 2.62. The number of methoxy groups -OCH3 is 2. The molecule has 0 aliphatic heterocycles. The number of halogens is 2. The number of aliphatic hydroxyl groups is 1. The van der Waals surface area contributed by atoms with Crippen molar-refractivity contribution in [3.63, 3.8) is 0 Å². The predicted octanol–water partition coefficient (Wildman–Crippen LogP) is 1.80. The summed E-state index contributed by atoms with van der Waals surface area (Å²) in [7, 11) is 2.42. The van der Waals surface area contributed by atoms with E-state index in [1.165, 1.54) is 13.2 Å². The van der Waals surface area contributed by atoms with E-state index < -0.39 is 17.9 Å². The largest absolute Gasteiger partial charge is 0.495 e. The molecule has 16 heavy (non-hydrogen) atoms. The van der Waals surface area contributed by atoms with Crippen LogP contribution in [0.4, 0.5) is 4.39 Å². The number of carbonyl (C=O) groups is 1. The van der Waals surface area contributed by atoms with Crippen molar-refractivity contribution in [2.75, 3.05) is 14.2 Å². The van der Waals surface area contributed by atoms with Crippen LogP contribution in [0.2, 0.25) is 0 Å². The number of hydrogen-bond acceptors (Lipinski definition) is 4. The number of hydrogen-bond donors (Lipinski definition) is 1. The molecule has 0 aliphatic carbocycles. The Morgan fingerprint density at radius 3 is 2.62 bits per heavy atom. The van der Waals surface area contributed by atoms with Gasteiger partial charge in [-0.2, -0.15) is 0 Å². The highest BCUT2D eigenvalue weighted by Crippen LogP contribution is 2.35. The van der Waals surface area contributed by atoms with Gasteiger partial charge in [-0.05, 0) is 28.1 Å². The Balaban J connectivity index is 3.30. The van der Waals surface area contributed by atoms with Gasteiger partial charge < -0.3 is 14.6 Å². The van der Waals surface area contributed by atoms with Crippen molar-refractivity contribution < 1.29 is 23.8 Å². The fraction of sp³-hybridized carbons (Fsp3) is 0.300. The molecule has 0 saturated heterocycles. The Morgan fingerprint density at radius 2 is 2.12 bits per heavy atom. The molecule has 0 spiro atoms. The van der Waals surface area contributed by atoms with Crippen LogP contribution in [0.25, 0.3) is 0 Å². The molecule has 0 fully saturated rings. The van der Waals surface area contributed by atoms with Gasteiger partial charge in [-0.1, -0.05) is 0 Å². The average Bonchev–Trinajstić information content (AvgIpc) is 2.29. The second-order valence-electron chi connectivity index (χ2n) is 2.90. The van der Waals surface area contributed by atoms with Gasteiger partial charge in [0.25, 0.3) is 0 Å². The van der Waals surface area contributed by atoms with Crippen LogP contribution in [0, 0.1) is 5.82 Å². The van der Waals surface area contributed by atoms with E-state index in [0.29, 0.717) is 4.47 Å². The first-order valence-electron chi connectivity index (χ1n) is 4.30. The minimum absolute atomic E-state index is 0.0675. The van der Waals surface area contributed by atoms with Crippen molar-refractivity contribution in [1.82, 2.24) is 0 Å². The van der Waals surface area contributed by atoms with Crippen molar-refractivity contribution in [1.29, 1.82) is 0 Å². The zero-order valence-electron chi connectivity index (χ0n) is 8.66. The van der Waals surface area contributed by atoms with Gasteiger partial charge in [-0.3, -0.25) is 0 Å². The molecule has 1 N–H and O–H groups in total. The number of ether oxygens (including phenoxy) is 2. The lowest BCUT2D eigenvalue weighted by atomic mass is 10.1. The number of rotatable bonds is 3. The smallest absolute Gasteiger partial charge is 0.339 e. The summed E-state index contributed by atoms with van der Waals surface area (Å²) in [4.78, 5) is 11.1. The van der Waals surface area contributed by atoms with Gasteiger partial charge in [0.2, 0.25) is 0 Å². The van der Waals surface area contributed by atoms with Gasteiger partial charge in [0, 0.05) is 0 Å². The minimum atomic E-state index is -1.71. The lowest BCUT2D eigenvalue weighted by Gasteiger charge is -2.14. The maximum Gasteiger partial charge on any atom is 0.339 e. The molecule has 0 radical (unpaired) electrons. The second-order valence-corrected chi connectivity index (χ2v) is 3.76. The monoisotopic (exact) mass is 292 g/mol. The van der Waals surface area contributed by atoms with E-state index in [0.717, 1.165) is 13.2 Å². The highest BCUT2D eigenvalue weighted by Gasteiger charge is 2.27. The number of esters is 1. The number of carbonyl (C=O) groups excluding carboxylic acids is 1. The molecule has 6 heteroatoms. The summed E-state index contributed by atoms with van der Waals surface area (Å²) in [6.45, 7) is 0. The topological polar surface area (TPSA) is 55.8 Å². The van der Waals surface area contributed by atoms with Gasteiger partial charge in [0.05, 0.1) is 24.3 Å². The third-order valence-electron chi connectivity index (χ3n) is 2.00. The lowest BCUT2D eigenvalue weighted by Crippen LogP contribution is -2.16. The van der Waals surface area contributed by atoms with E-state index in [1.807, 2.05) is 0 Å². The summed E-state index contributed by atoms with van der Waals surface area (Å²) >= 11 is 3.13. The first-order chi connectivity index (χ1) is 7.52. The van der Waals surface area contributed by atoms with Gasteiger partial charge >= 0.3 is 5.97 Å². The fourth-order valence-corrected chi connectivity index (χ4v) is 1.75. The molecule has 1 rings (SSSR count). The Kier molecular flexibility index (Phi) is 4.26. The summed E-state index contributed by atoms with van der Waals surface area (Å²) in [5.41, 5.74) is -0.247. The molecule has 88 valence electrons. The first-order valence-corrected chi connectivity index (χ1v) is 5.10. The van der Waals surface area contributed by atoms with E-state index in [9.17, 15) is 14.3 Å². The van der Waals surface area contributed by atoms with Crippen LogP contribution in [0.15, 0.2) is 16.6 Å². The molecule has 1 unspecified atom stereocenters.